The number of rotatable bonds is 4. The molecule has 0 aliphatic carbocycles. The van der Waals surface area contributed by atoms with Crippen LogP contribution in [0.1, 0.15) is 23.2 Å². The lowest BCUT2D eigenvalue weighted by Crippen LogP contribution is -2.35. The van der Waals surface area contributed by atoms with Gasteiger partial charge in [-0.3, -0.25) is 9.63 Å². The second-order valence-corrected chi connectivity index (χ2v) is 5.29. The number of hydroxylamine groups is 1. The Balaban J connectivity index is 1.76. The third-order valence-corrected chi connectivity index (χ3v) is 3.69. The van der Waals surface area contributed by atoms with Crippen LogP contribution in [0.2, 0.25) is 0 Å². The molecule has 1 atom stereocenters. The zero-order chi connectivity index (χ0) is 12.8. The van der Waals surface area contributed by atoms with Gasteiger partial charge in [-0.2, -0.15) is 0 Å². The number of hydrogen-bond donors (Lipinski definition) is 2. The zero-order valence-corrected chi connectivity index (χ0v) is 11.7. The lowest BCUT2D eigenvalue weighted by molar-refractivity contribution is 0.0127. The minimum atomic E-state index is -0.216. The topological polar surface area (TPSA) is 50.4 Å². The highest BCUT2D eigenvalue weighted by molar-refractivity contribution is 9.10. The van der Waals surface area contributed by atoms with Gasteiger partial charge in [-0.15, -0.1) is 0 Å². The van der Waals surface area contributed by atoms with E-state index in [4.69, 9.17) is 4.84 Å². The number of hydrogen-bond acceptors (Lipinski definition) is 3. The maximum atomic E-state index is 11.8. The van der Waals surface area contributed by atoms with Gasteiger partial charge in [0.05, 0.1) is 12.2 Å². The van der Waals surface area contributed by atoms with Gasteiger partial charge in [0.2, 0.25) is 0 Å². The SMILES string of the molecule is O=C(NOCC1CCCNC1)c1ccccc1Br. The number of benzene rings is 1. The number of halogens is 1. The largest absolute Gasteiger partial charge is 0.316 e. The molecular formula is C13H17BrN2O2. The summed E-state index contributed by atoms with van der Waals surface area (Å²) >= 11 is 3.34. The lowest BCUT2D eigenvalue weighted by atomic mass is 10.0. The Morgan fingerprint density at radius 3 is 3.06 bits per heavy atom. The molecule has 1 fully saturated rings. The third-order valence-electron chi connectivity index (χ3n) is 3.00. The highest BCUT2D eigenvalue weighted by Crippen LogP contribution is 2.15. The molecule has 1 aromatic rings. The average molecular weight is 313 g/mol. The van der Waals surface area contributed by atoms with E-state index >= 15 is 0 Å². The van der Waals surface area contributed by atoms with Crippen LogP contribution in [0.3, 0.4) is 0 Å². The molecule has 1 unspecified atom stereocenters. The van der Waals surface area contributed by atoms with Crippen LogP contribution in [-0.2, 0) is 4.84 Å². The van der Waals surface area contributed by atoms with Crippen molar-refractivity contribution in [2.24, 2.45) is 5.92 Å². The van der Waals surface area contributed by atoms with Crippen LogP contribution in [0, 0.1) is 5.92 Å². The Labute approximate surface area is 115 Å². The summed E-state index contributed by atoms with van der Waals surface area (Å²) in [4.78, 5) is 17.1. The lowest BCUT2D eigenvalue weighted by Gasteiger charge is -2.22. The van der Waals surface area contributed by atoms with E-state index in [-0.39, 0.29) is 5.91 Å². The van der Waals surface area contributed by atoms with Crippen molar-refractivity contribution in [2.45, 2.75) is 12.8 Å². The molecular weight excluding hydrogens is 296 g/mol. The first-order valence-corrected chi connectivity index (χ1v) is 6.94. The first-order chi connectivity index (χ1) is 8.77. The molecule has 5 heteroatoms. The normalized spacial score (nSPS) is 19.5. The van der Waals surface area contributed by atoms with Crippen LogP contribution in [0.5, 0.6) is 0 Å². The number of amides is 1. The van der Waals surface area contributed by atoms with E-state index < -0.39 is 0 Å². The molecule has 1 saturated heterocycles. The van der Waals surface area contributed by atoms with Crippen LogP contribution in [-0.4, -0.2) is 25.6 Å². The average Bonchev–Trinajstić information content (AvgIpc) is 2.40. The van der Waals surface area contributed by atoms with Crippen molar-refractivity contribution in [3.63, 3.8) is 0 Å². The summed E-state index contributed by atoms with van der Waals surface area (Å²) in [6.45, 7) is 2.61. The minimum Gasteiger partial charge on any atom is -0.316 e. The fourth-order valence-corrected chi connectivity index (χ4v) is 2.46. The van der Waals surface area contributed by atoms with Gasteiger partial charge >= 0.3 is 0 Å². The molecule has 0 spiro atoms. The van der Waals surface area contributed by atoms with Gasteiger partial charge in [-0.05, 0) is 53.4 Å². The van der Waals surface area contributed by atoms with Crippen molar-refractivity contribution in [1.82, 2.24) is 10.8 Å². The van der Waals surface area contributed by atoms with Crippen molar-refractivity contribution in [2.75, 3.05) is 19.7 Å². The molecule has 2 rings (SSSR count). The highest BCUT2D eigenvalue weighted by atomic mass is 79.9. The summed E-state index contributed by atoms with van der Waals surface area (Å²) in [5.41, 5.74) is 3.07. The number of nitrogens with one attached hydrogen (secondary N) is 2. The molecule has 4 nitrogen and oxygen atoms in total. The molecule has 1 aliphatic heterocycles. The number of piperidine rings is 1. The van der Waals surface area contributed by atoms with Gasteiger partial charge < -0.3 is 5.32 Å². The second-order valence-electron chi connectivity index (χ2n) is 4.43. The zero-order valence-electron chi connectivity index (χ0n) is 10.1. The van der Waals surface area contributed by atoms with Gasteiger partial charge in [0, 0.05) is 11.0 Å². The van der Waals surface area contributed by atoms with E-state index in [9.17, 15) is 4.79 Å². The fourth-order valence-electron chi connectivity index (χ4n) is 1.99. The van der Waals surface area contributed by atoms with Gasteiger partial charge in [-0.1, -0.05) is 12.1 Å². The minimum absolute atomic E-state index is 0.216. The molecule has 0 saturated carbocycles. The Hall–Kier alpha value is -0.910. The van der Waals surface area contributed by atoms with E-state index in [0.717, 1.165) is 24.0 Å². The summed E-state index contributed by atoms with van der Waals surface area (Å²) < 4.78 is 0.769. The third kappa shape index (κ3) is 3.80. The van der Waals surface area contributed by atoms with Gasteiger partial charge in [0.15, 0.2) is 0 Å². The maximum Gasteiger partial charge on any atom is 0.275 e. The van der Waals surface area contributed by atoms with E-state index in [1.165, 1.54) is 6.42 Å². The van der Waals surface area contributed by atoms with E-state index in [1.807, 2.05) is 18.2 Å². The quantitative estimate of drug-likeness (QED) is 0.837. The molecule has 1 amide bonds. The van der Waals surface area contributed by atoms with Crippen molar-refractivity contribution >= 4 is 21.8 Å². The molecule has 1 aliphatic rings. The molecule has 2 N–H and O–H groups in total. The summed E-state index contributed by atoms with van der Waals surface area (Å²) in [6.07, 6.45) is 2.32. The van der Waals surface area contributed by atoms with Crippen LogP contribution >= 0.6 is 15.9 Å². The standard InChI is InChI=1S/C13H17BrN2O2/c14-12-6-2-1-5-11(12)13(17)16-18-9-10-4-3-7-15-8-10/h1-2,5-6,10,15H,3-4,7-9H2,(H,16,17). The predicted molar refractivity (Wildman–Crippen MR) is 73.2 cm³/mol. The number of carbonyl (C=O) groups is 1. The van der Waals surface area contributed by atoms with Crippen molar-refractivity contribution in [1.29, 1.82) is 0 Å². The Bertz CT molecular complexity index is 406. The molecule has 0 aromatic heterocycles. The van der Waals surface area contributed by atoms with Gasteiger partial charge in [0.25, 0.3) is 5.91 Å². The smallest absolute Gasteiger partial charge is 0.275 e. The van der Waals surface area contributed by atoms with Crippen molar-refractivity contribution in [3.8, 4) is 0 Å². The van der Waals surface area contributed by atoms with Crippen LogP contribution in [0.4, 0.5) is 0 Å². The molecule has 98 valence electrons. The Kier molecular flexibility index (Phi) is 5.16. The molecule has 0 radical (unpaired) electrons. The monoisotopic (exact) mass is 312 g/mol. The molecule has 1 heterocycles. The molecule has 0 bridgehead atoms. The van der Waals surface area contributed by atoms with Crippen LogP contribution < -0.4 is 10.8 Å². The van der Waals surface area contributed by atoms with Gasteiger partial charge in [0.1, 0.15) is 0 Å². The van der Waals surface area contributed by atoms with Gasteiger partial charge in [-0.25, -0.2) is 5.48 Å². The highest BCUT2D eigenvalue weighted by Gasteiger charge is 2.14. The molecule has 18 heavy (non-hydrogen) atoms. The second kappa shape index (κ2) is 6.87. The predicted octanol–water partition coefficient (Wildman–Crippen LogP) is 2.11. The maximum absolute atomic E-state index is 11.8. The van der Waals surface area contributed by atoms with E-state index in [2.05, 4.69) is 26.7 Å². The summed E-state index contributed by atoms with van der Waals surface area (Å²) in [6, 6.07) is 7.28. The summed E-state index contributed by atoms with van der Waals surface area (Å²) in [5, 5.41) is 3.31. The van der Waals surface area contributed by atoms with Crippen LogP contribution in [0.15, 0.2) is 28.7 Å². The number of carbonyl (C=O) groups excluding carboxylic acids is 1. The first kappa shape index (κ1) is 13.5. The van der Waals surface area contributed by atoms with Crippen molar-refractivity contribution < 1.29 is 9.63 Å². The molecule has 1 aromatic carbocycles. The van der Waals surface area contributed by atoms with Crippen molar-refractivity contribution in [3.05, 3.63) is 34.3 Å². The Morgan fingerprint density at radius 2 is 2.33 bits per heavy atom. The van der Waals surface area contributed by atoms with Crippen LogP contribution in [0.25, 0.3) is 0 Å². The first-order valence-electron chi connectivity index (χ1n) is 6.15. The van der Waals surface area contributed by atoms with E-state index in [0.29, 0.717) is 18.1 Å². The fraction of sp³-hybridized carbons (Fsp3) is 0.462. The summed E-state index contributed by atoms with van der Waals surface area (Å²) in [5.74, 6) is 0.268. The Morgan fingerprint density at radius 1 is 1.50 bits per heavy atom. The van der Waals surface area contributed by atoms with E-state index in [1.54, 1.807) is 6.07 Å². The summed E-state index contributed by atoms with van der Waals surface area (Å²) in [7, 11) is 0.